The van der Waals surface area contributed by atoms with E-state index in [4.69, 9.17) is 5.84 Å². The number of unbranched alkanes of at least 4 members (excludes halogenated alkanes) is 6. The summed E-state index contributed by atoms with van der Waals surface area (Å²) in [5.41, 5.74) is 4.11. The van der Waals surface area contributed by atoms with Crippen LogP contribution in [0, 0.1) is 0 Å². The van der Waals surface area contributed by atoms with Gasteiger partial charge in [-0.1, -0.05) is 51.9 Å². The number of hydrogen-bond donors (Lipinski definition) is 2. The number of nitrogens with two attached hydrogens (primary N) is 1. The van der Waals surface area contributed by atoms with E-state index in [1.165, 1.54) is 50.6 Å². The van der Waals surface area contributed by atoms with Crippen LogP contribution >= 0.6 is 15.9 Å². The summed E-state index contributed by atoms with van der Waals surface area (Å²) < 4.78 is 3.06. The summed E-state index contributed by atoms with van der Waals surface area (Å²) in [5.74, 6) is 5.72. The highest BCUT2D eigenvalue weighted by atomic mass is 79.9. The van der Waals surface area contributed by atoms with E-state index in [0.717, 1.165) is 17.4 Å². The van der Waals surface area contributed by atoms with E-state index in [1.54, 1.807) is 0 Å². The van der Waals surface area contributed by atoms with E-state index in [2.05, 4.69) is 40.3 Å². The third kappa shape index (κ3) is 5.54. The SMILES string of the molecule is CCCCCCCCCC(NN)c1c(Br)cnn1CC. The molecule has 0 bridgehead atoms. The lowest BCUT2D eigenvalue weighted by Crippen LogP contribution is -2.30. The molecular weight excluding hydrogens is 316 g/mol. The van der Waals surface area contributed by atoms with Gasteiger partial charge in [-0.25, -0.2) is 0 Å². The molecule has 0 aliphatic rings. The molecule has 0 radical (unpaired) electrons. The average molecular weight is 345 g/mol. The Bertz CT molecular complexity index is 365. The number of halogens is 1. The van der Waals surface area contributed by atoms with E-state index in [0.29, 0.717) is 0 Å². The Morgan fingerprint density at radius 2 is 1.85 bits per heavy atom. The Morgan fingerprint density at radius 3 is 2.45 bits per heavy atom. The lowest BCUT2D eigenvalue weighted by Gasteiger charge is -2.18. The minimum Gasteiger partial charge on any atom is -0.271 e. The van der Waals surface area contributed by atoms with E-state index in [1.807, 2.05) is 10.9 Å². The predicted octanol–water partition coefficient (Wildman–Crippen LogP) is 4.31. The summed E-state index contributed by atoms with van der Waals surface area (Å²) in [5, 5.41) is 4.36. The van der Waals surface area contributed by atoms with E-state index >= 15 is 0 Å². The van der Waals surface area contributed by atoms with Crippen molar-refractivity contribution in [3.8, 4) is 0 Å². The van der Waals surface area contributed by atoms with Crippen LogP contribution in [0.1, 0.15) is 76.9 Å². The zero-order valence-electron chi connectivity index (χ0n) is 12.9. The van der Waals surface area contributed by atoms with E-state index in [9.17, 15) is 0 Å². The second-order valence-corrected chi connectivity index (χ2v) is 6.18. The normalized spacial score (nSPS) is 12.8. The summed E-state index contributed by atoms with van der Waals surface area (Å²) in [6.07, 6.45) is 12.2. The first kappa shape index (κ1) is 17.7. The van der Waals surface area contributed by atoms with Gasteiger partial charge in [-0.15, -0.1) is 0 Å². The zero-order chi connectivity index (χ0) is 14.8. The number of hydrogen-bond acceptors (Lipinski definition) is 3. The summed E-state index contributed by atoms with van der Waals surface area (Å²) >= 11 is 3.57. The number of nitrogens with one attached hydrogen (secondary N) is 1. The Balaban J connectivity index is 2.34. The number of hydrazine groups is 1. The Kier molecular flexibility index (Phi) is 9.14. The van der Waals surface area contributed by atoms with Gasteiger partial charge in [0.15, 0.2) is 0 Å². The van der Waals surface area contributed by atoms with Gasteiger partial charge in [-0.05, 0) is 29.3 Å². The molecule has 0 saturated carbocycles. The van der Waals surface area contributed by atoms with Crippen molar-refractivity contribution in [3.05, 3.63) is 16.4 Å². The van der Waals surface area contributed by atoms with Crippen molar-refractivity contribution >= 4 is 15.9 Å². The first-order valence-corrected chi connectivity index (χ1v) is 8.71. The fraction of sp³-hybridized carbons (Fsp3) is 0.800. The largest absolute Gasteiger partial charge is 0.271 e. The van der Waals surface area contributed by atoms with Crippen molar-refractivity contribution in [2.75, 3.05) is 0 Å². The molecule has 1 aromatic heterocycles. The molecule has 0 spiro atoms. The molecule has 1 unspecified atom stereocenters. The van der Waals surface area contributed by atoms with Crippen molar-refractivity contribution < 1.29 is 0 Å². The summed E-state index contributed by atoms with van der Waals surface area (Å²) in [7, 11) is 0. The topological polar surface area (TPSA) is 55.9 Å². The molecule has 3 N–H and O–H groups in total. The van der Waals surface area contributed by atoms with E-state index in [-0.39, 0.29) is 6.04 Å². The van der Waals surface area contributed by atoms with Gasteiger partial charge >= 0.3 is 0 Å². The number of aromatic nitrogens is 2. The number of nitrogens with zero attached hydrogens (tertiary/aromatic N) is 2. The van der Waals surface area contributed by atoms with Crippen molar-refractivity contribution in [1.29, 1.82) is 0 Å². The molecule has 0 aromatic carbocycles. The summed E-state index contributed by atoms with van der Waals surface area (Å²) in [6, 6.07) is 0.183. The van der Waals surface area contributed by atoms with Gasteiger partial charge in [0.1, 0.15) is 0 Å². The Labute approximate surface area is 131 Å². The molecule has 1 aromatic rings. The summed E-state index contributed by atoms with van der Waals surface area (Å²) in [4.78, 5) is 0. The predicted molar refractivity (Wildman–Crippen MR) is 88.3 cm³/mol. The molecule has 20 heavy (non-hydrogen) atoms. The van der Waals surface area contributed by atoms with Crippen LogP contribution in [-0.2, 0) is 6.54 Å². The van der Waals surface area contributed by atoms with Crippen LogP contribution in [0.4, 0.5) is 0 Å². The van der Waals surface area contributed by atoms with Gasteiger partial charge in [0.2, 0.25) is 0 Å². The van der Waals surface area contributed by atoms with Gasteiger partial charge in [0.05, 0.1) is 22.4 Å². The van der Waals surface area contributed by atoms with Crippen LogP contribution in [0.15, 0.2) is 10.7 Å². The molecule has 0 aliphatic carbocycles. The van der Waals surface area contributed by atoms with Gasteiger partial charge in [-0.3, -0.25) is 16.0 Å². The second-order valence-electron chi connectivity index (χ2n) is 5.32. The maximum absolute atomic E-state index is 5.72. The van der Waals surface area contributed by atoms with Crippen LogP contribution < -0.4 is 11.3 Å². The molecule has 1 rings (SSSR count). The van der Waals surface area contributed by atoms with Crippen molar-refractivity contribution in [1.82, 2.24) is 15.2 Å². The van der Waals surface area contributed by atoms with Crippen LogP contribution in [-0.4, -0.2) is 9.78 Å². The zero-order valence-corrected chi connectivity index (χ0v) is 14.5. The Morgan fingerprint density at radius 1 is 1.20 bits per heavy atom. The van der Waals surface area contributed by atoms with Gasteiger partial charge in [-0.2, -0.15) is 5.10 Å². The van der Waals surface area contributed by atoms with Crippen molar-refractivity contribution in [3.63, 3.8) is 0 Å². The Hall–Kier alpha value is -0.390. The molecule has 0 amide bonds. The van der Waals surface area contributed by atoms with Gasteiger partial charge in [0, 0.05) is 6.54 Å². The highest BCUT2D eigenvalue weighted by molar-refractivity contribution is 9.10. The molecule has 0 fully saturated rings. The fourth-order valence-electron chi connectivity index (χ4n) is 2.57. The van der Waals surface area contributed by atoms with Gasteiger partial charge in [0.25, 0.3) is 0 Å². The standard InChI is InChI=1S/C15H29BrN4/c1-3-5-6-7-8-9-10-11-14(19-17)15-13(16)12-18-20(15)4-2/h12,14,19H,3-11,17H2,1-2H3. The molecule has 1 atom stereocenters. The molecule has 4 nitrogen and oxygen atoms in total. The molecule has 116 valence electrons. The lowest BCUT2D eigenvalue weighted by atomic mass is 10.0. The minimum absolute atomic E-state index is 0.183. The monoisotopic (exact) mass is 344 g/mol. The summed E-state index contributed by atoms with van der Waals surface area (Å²) in [6.45, 7) is 5.23. The minimum atomic E-state index is 0.183. The smallest absolute Gasteiger partial charge is 0.0709 e. The average Bonchev–Trinajstić information content (AvgIpc) is 2.83. The molecule has 0 aliphatic heterocycles. The number of aryl methyl sites for hydroxylation is 1. The fourth-order valence-corrected chi connectivity index (χ4v) is 3.15. The van der Waals surface area contributed by atoms with E-state index < -0.39 is 0 Å². The quantitative estimate of drug-likeness (QED) is 0.357. The lowest BCUT2D eigenvalue weighted by molar-refractivity contribution is 0.441. The highest BCUT2D eigenvalue weighted by Gasteiger charge is 2.17. The molecule has 0 saturated heterocycles. The molecule has 1 heterocycles. The third-order valence-corrected chi connectivity index (χ3v) is 4.37. The highest BCUT2D eigenvalue weighted by Crippen LogP contribution is 2.26. The first-order chi connectivity index (χ1) is 9.74. The van der Waals surface area contributed by atoms with Crippen LogP contribution in [0.3, 0.4) is 0 Å². The molecular formula is C15H29BrN4. The second kappa shape index (κ2) is 10.4. The maximum atomic E-state index is 5.72. The van der Waals surface area contributed by atoms with Crippen LogP contribution in [0.2, 0.25) is 0 Å². The van der Waals surface area contributed by atoms with Gasteiger partial charge < -0.3 is 0 Å². The first-order valence-electron chi connectivity index (χ1n) is 7.91. The van der Waals surface area contributed by atoms with Crippen molar-refractivity contribution in [2.45, 2.75) is 77.8 Å². The third-order valence-electron chi connectivity index (χ3n) is 3.76. The van der Waals surface area contributed by atoms with Crippen molar-refractivity contribution in [2.24, 2.45) is 5.84 Å². The maximum Gasteiger partial charge on any atom is 0.0709 e. The van der Waals surface area contributed by atoms with Crippen LogP contribution in [0.5, 0.6) is 0 Å². The number of rotatable bonds is 11. The van der Waals surface area contributed by atoms with Crippen LogP contribution in [0.25, 0.3) is 0 Å². The molecule has 5 heteroatoms.